The van der Waals surface area contributed by atoms with E-state index >= 15 is 0 Å². The summed E-state index contributed by atoms with van der Waals surface area (Å²) in [5.41, 5.74) is 0. The van der Waals surface area contributed by atoms with Crippen molar-refractivity contribution < 1.29 is 5.11 Å². The molecule has 0 spiro atoms. The van der Waals surface area contributed by atoms with Gasteiger partial charge in [-0.15, -0.1) is 0 Å². The number of fused-ring (bicyclic) bond motifs is 1. The van der Waals surface area contributed by atoms with Gasteiger partial charge in [-0.25, -0.2) is 4.98 Å². The van der Waals surface area contributed by atoms with Crippen LogP contribution < -0.4 is 10.6 Å². The summed E-state index contributed by atoms with van der Waals surface area (Å²) in [7, 11) is 0. The summed E-state index contributed by atoms with van der Waals surface area (Å²) in [6.07, 6.45) is 1.79. The second-order valence-electron chi connectivity index (χ2n) is 4.06. The molecule has 2 aromatic rings. The topological polar surface area (TPSA) is 57.2 Å². The molecule has 1 aliphatic rings. The molecule has 0 bridgehead atoms. The molecule has 0 saturated carbocycles. The fourth-order valence-electron chi connectivity index (χ4n) is 1.86. The number of aromatic hydroxyl groups is 1. The second-order valence-corrected chi connectivity index (χ2v) is 4.06. The molecule has 3 rings (SSSR count). The van der Waals surface area contributed by atoms with Gasteiger partial charge in [0.1, 0.15) is 11.6 Å². The largest absolute Gasteiger partial charge is 0.508 e. The number of rotatable bonds is 2. The molecule has 4 heteroatoms. The van der Waals surface area contributed by atoms with Gasteiger partial charge in [-0.3, -0.25) is 0 Å². The summed E-state index contributed by atoms with van der Waals surface area (Å²) >= 11 is 0. The summed E-state index contributed by atoms with van der Waals surface area (Å²) in [5, 5.41) is 18.1. The first-order chi connectivity index (χ1) is 7.83. The maximum absolute atomic E-state index is 9.49. The van der Waals surface area contributed by atoms with Gasteiger partial charge in [-0.2, -0.15) is 0 Å². The third kappa shape index (κ3) is 1.57. The van der Waals surface area contributed by atoms with Gasteiger partial charge >= 0.3 is 0 Å². The van der Waals surface area contributed by atoms with Crippen LogP contribution in [0.4, 0.5) is 5.82 Å². The first kappa shape index (κ1) is 9.42. The zero-order valence-electron chi connectivity index (χ0n) is 8.77. The Morgan fingerprint density at radius 1 is 1.31 bits per heavy atom. The van der Waals surface area contributed by atoms with Crippen molar-refractivity contribution in [2.24, 2.45) is 0 Å². The Balaban J connectivity index is 2.04. The molecule has 2 heterocycles. The Kier molecular flexibility index (Phi) is 2.15. The highest BCUT2D eigenvalue weighted by molar-refractivity contribution is 5.92. The van der Waals surface area contributed by atoms with E-state index in [-0.39, 0.29) is 5.75 Å². The maximum Gasteiger partial charge on any atom is 0.134 e. The van der Waals surface area contributed by atoms with Crippen LogP contribution in [0.15, 0.2) is 30.5 Å². The monoisotopic (exact) mass is 215 g/mol. The van der Waals surface area contributed by atoms with Gasteiger partial charge in [0, 0.05) is 24.7 Å². The maximum atomic E-state index is 9.49. The standard InChI is InChI=1S/C12H13N3O/c16-10-2-1-8-3-4-14-12(11(8)5-10)15-9-6-13-7-9/h1-5,9,13,16H,6-7H2,(H,14,15). The van der Waals surface area contributed by atoms with Crippen LogP contribution in [0, 0.1) is 0 Å². The van der Waals surface area contributed by atoms with Crippen LogP contribution in [0.25, 0.3) is 10.8 Å². The smallest absolute Gasteiger partial charge is 0.134 e. The van der Waals surface area contributed by atoms with Crippen LogP contribution in [-0.4, -0.2) is 29.2 Å². The Bertz CT molecular complexity index is 523. The Morgan fingerprint density at radius 2 is 2.19 bits per heavy atom. The molecule has 0 aliphatic carbocycles. The number of nitrogens with zero attached hydrogens (tertiary/aromatic N) is 1. The zero-order chi connectivity index (χ0) is 11.0. The highest BCUT2D eigenvalue weighted by atomic mass is 16.3. The number of hydrogen-bond acceptors (Lipinski definition) is 4. The Hall–Kier alpha value is -1.81. The first-order valence-electron chi connectivity index (χ1n) is 5.38. The number of phenolic OH excluding ortho intramolecular Hbond substituents is 1. The van der Waals surface area contributed by atoms with Crippen molar-refractivity contribution >= 4 is 16.6 Å². The molecule has 1 aliphatic heterocycles. The van der Waals surface area contributed by atoms with E-state index in [0.29, 0.717) is 6.04 Å². The molecule has 1 fully saturated rings. The van der Waals surface area contributed by atoms with E-state index in [1.807, 2.05) is 12.1 Å². The molecule has 1 aromatic carbocycles. The van der Waals surface area contributed by atoms with Crippen LogP contribution in [0.3, 0.4) is 0 Å². The van der Waals surface area contributed by atoms with Gasteiger partial charge in [-0.05, 0) is 23.6 Å². The molecule has 1 saturated heterocycles. The van der Waals surface area contributed by atoms with Crippen LogP contribution in [0.1, 0.15) is 0 Å². The van der Waals surface area contributed by atoms with E-state index in [1.54, 1.807) is 18.3 Å². The van der Waals surface area contributed by atoms with Gasteiger partial charge in [0.2, 0.25) is 0 Å². The number of benzene rings is 1. The van der Waals surface area contributed by atoms with Gasteiger partial charge in [0.15, 0.2) is 0 Å². The minimum absolute atomic E-state index is 0.273. The van der Waals surface area contributed by atoms with Gasteiger partial charge in [0.05, 0.1) is 6.04 Å². The minimum atomic E-state index is 0.273. The van der Waals surface area contributed by atoms with Crippen molar-refractivity contribution in [1.29, 1.82) is 0 Å². The summed E-state index contributed by atoms with van der Waals surface area (Å²) < 4.78 is 0. The summed E-state index contributed by atoms with van der Waals surface area (Å²) in [4.78, 5) is 4.32. The van der Waals surface area contributed by atoms with Crippen molar-refractivity contribution in [3.63, 3.8) is 0 Å². The lowest BCUT2D eigenvalue weighted by Gasteiger charge is -2.28. The predicted octanol–water partition coefficient (Wildman–Crippen LogP) is 1.32. The van der Waals surface area contributed by atoms with E-state index in [9.17, 15) is 5.11 Å². The molecule has 16 heavy (non-hydrogen) atoms. The van der Waals surface area contributed by atoms with Crippen molar-refractivity contribution in [3.8, 4) is 5.75 Å². The zero-order valence-corrected chi connectivity index (χ0v) is 8.77. The molecule has 3 N–H and O–H groups in total. The molecule has 0 amide bonds. The first-order valence-corrected chi connectivity index (χ1v) is 5.38. The normalized spacial score (nSPS) is 16.0. The Labute approximate surface area is 93.3 Å². The third-order valence-electron chi connectivity index (χ3n) is 2.87. The average molecular weight is 215 g/mol. The lowest BCUT2D eigenvalue weighted by Crippen LogP contribution is -2.51. The van der Waals surface area contributed by atoms with Gasteiger partial charge in [-0.1, -0.05) is 6.07 Å². The third-order valence-corrected chi connectivity index (χ3v) is 2.87. The van der Waals surface area contributed by atoms with Crippen LogP contribution in [-0.2, 0) is 0 Å². The van der Waals surface area contributed by atoms with E-state index < -0.39 is 0 Å². The van der Waals surface area contributed by atoms with E-state index in [0.717, 1.165) is 29.7 Å². The quantitative estimate of drug-likeness (QED) is 0.707. The van der Waals surface area contributed by atoms with Crippen molar-refractivity contribution in [3.05, 3.63) is 30.5 Å². The second kappa shape index (κ2) is 3.64. The predicted molar refractivity (Wildman–Crippen MR) is 63.7 cm³/mol. The van der Waals surface area contributed by atoms with Gasteiger partial charge in [0.25, 0.3) is 0 Å². The highest BCUT2D eigenvalue weighted by Crippen LogP contribution is 2.25. The lowest BCUT2D eigenvalue weighted by atomic mass is 10.1. The van der Waals surface area contributed by atoms with Crippen molar-refractivity contribution in [2.75, 3.05) is 18.4 Å². The molecule has 1 aromatic heterocycles. The lowest BCUT2D eigenvalue weighted by molar-refractivity contribution is 0.471. The average Bonchev–Trinajstić information content (AvgIpc) is 2.23. The van der Waals surface area contributed by atoms with Crippen LogP contribution in [0.5, 0.6) is 5.75 Å². The molecule has 0 radical (unpaired) electrons. The number of nitrogens with one attached hydrogen (secondary N) is 2. The Morgan fingerprint density at radius 3 is 2.94 bits per heavy atom. The minimum Gasteiger partial charge on any atom is -0.508 e. The molecular formula is C12H13N3O. The molecule has 4 nitrogen and oxygen atoms in total. The van der Waals surface area contributed by atoms with Crippen molar-refractivity contribution in [2.45, 2.75) is 6.04 Å². The number of aromatic nitrogens is 1. The van der Waals surface area contributed by atoms with Crippen LogP contribution >= 0.6 is 0 Å². The van der Waals surface area contributed by atoms with Crippen LogP contribution in [0.2, 0.25) is 0 Å². The van der Waals surface area contributed by atoms with Crippen molar-refractivity contribution in [1.82, 2.24) is 10.3 Å². The number of pyridine rings is 1. The number of anilines is 1. The van der Waals surface area contributed by atoms with E-state index in [2.05, 4.69) is 15.6 Å². The SMILES string of the molecule is Oc1ccc2ccnc(NC3CNC3)c2c1. The molecule has 82 valence electrons. The van der Waals surface area contributed by atoms with E-state index in [4.69, 9.17) is 0 Å². The summed E-state index contributed by atoms with van der Waals surface area (Å²) in [5.74, 6) is 1.12. The molecular weight excluding hydrogens is 202 g/mol. The van der Waals surface area contributed by atoms with Gasteiger partial charge < -0.3 is 15.7 Å². The number of hydrogen-bond donors (Lipinski definition) is 3. The summed E-state index contributed by atoms with van der Waals surface area (Å²) in [6, 6.07) is 7.73. The fourth-order valence-corrected chi connectivity index (χ4v) is 1.86. The highest BCUT2D eigenvalue weighted by Gasteiger charge is 2.17. The molecule has 0 unspecified atom stereocenters. The summed E-state index contributed by atoms with van der Waals surface area (Å²) in [6.45, 7) is 1.94. The fraction of sp³-hybridized carbons (Fsp3) is 0.250. The molecule has 0 atom stereocenters. The van der Waals surface area contributed by atoms with E-state index in [1.165, 1.54) is 0 Å². The number of phenols is 1.